The maximum absolute atomic E-state index is 5.63. The van der Waals surface area contributed by atoms with E-state index in [1.165, 1.54) is 7.11 Å². The third kappa shape index (κ3) is 3.14. The molecule has 0 fully saturated rings. The van der Waals surface area contributed by atoms with Gasteiger partial charge in [0.05, 0.1) is 19.2 Å². The number of anilines is 1. The summed E-state index contributed by atoms with van der Waals surface area (Å²) in [5.41, 5.74) is 7.66. The van der Waals surface area contributed by atoms with Gasteiger partial charge >= 0.3 is 6.01 Å². The van der Waals surface area contributed by atoms with Crippen LogP contribution in [0.25, 0.3) is 11.3 Å². The molecule has 1 aromatic carbocycles. The predicted octanol–water partition coefficient (Wildman–Crippen LogP) is 2.18. The largest absolute Gasteiger partial charge is 0.467 e. The molecule has 0 aliphatic rings. The molecule has 6 nitrogen and oxygen atoms in total. The van der Waals surface area contributed by atoms with Gasteiger partial charge in [0.1, 0.15) is 10.8 Å². The first-order valence-electron chi connectivity index (χ1n) is 6.29. The number of nitrogen functional groups attached to an aromatic ring is 1. The number of nitrogens with two attached hydrogens (primary N) is 1. The van der Waals surface area contributed by atoms with E-state index >= 15 is 0 Å². The standard InChI is InChI=1S/C14H13N5OS/c1-20-14-18-11(17-13(15)19-14)7-12-16-10(8-21-12)9-5-3-2-4-6-9/h2-6,8H,7H2,1H3,(H2,15,17,18,19). The minimum atomic E-state index is 0.150. The molecule has 0 aliphatic heterocycles. The van der Waals surface area contributed by atoms with E-state index in [1.54, 1.807) is 11.3 Å². The summed E-state index contributed by atoms with van der Waals surface area (Å²) >= 11 is 1.57. The molecule has 0 unspecified atom stereocenters. The van der Waals surface area contributed by atoms with Gasteiger partial charge in [0.15, 0.2) is 0 Å². The van der Waals surface area contributed by atoms with E-state index in [0.717, 1.165) is 16.3 Å². The number of aromatic nitrogens is 4. The molecule has 0 saturated heterocycles. The van der Waals surface area contributed by atoms with Crippen molar-refractivity contribution in [3.63, 3.8) is 0 Å². The Bertz CT molecular complexity index is 744. The fourth-order valence-electron chi connectivity index (χ4n) is 1.85. The number of rotatable bonds is 4. The SMILES string of the molecule is COc1nc(N)nc(Cc2nc(-c3ccccc3)cs2)n1. The van der Waals surface area contributed by atoms with Crippen LogP contribution in [-0.4, -0.2) is 27.0 Å². The second-order valence-corrected chi connectivity index (χ2v) is 5.21. The Kier molecular flexibility index (Phi) is 3.74. The highest BCUT2D eigenvalue weighted by molar-refractivity contribution is 7.10. The number of hydrogen-bond acceptors (Lipinski definition) is 7. The Hall–Kier alpha value is -2.54. The molecular weight excluding hydrogens is 286 g/mol. The van der Waals surface area contributed by atoms with Gasteiger partial charge in [0, 0.05) is 10.9 Å². The van der Waals surface area contributed by atoms with Crippen LogP contribution in [0.3, 0.4) is 0 Å². The van der Waals surface area contributed by atoms with Crippen LogP contribution in [0, 0.1) is 0 Å². The minimum absolute atomic E-state index is 0.150. The normalized spacial score (nSPS) is 10.5. The highest BCUT2D eigenvalue weighted by Gasteiger charge is 2.09. The van der Waals surface area contributed by atoms with Crippen LogP contribution in [0.4, 0.5) is 5.95 Å². The molecule has 0 atom stereocenters. The molecule has 3 aromatic rings. The van der Waals surface area contributed by atoms with Crippen molar-refractivity contribution in [2.24, 2.45) is 0 Å². The fraction of sp³-hybridized carbons (Fsp3) is 0.143. The molecule has 3 rings (SSSR count). The van der Waals surface area contributed by atoms with E-state index in [0.29, 0.717) is 12.2 Å². The zero-order chi connectivity index (χ0) is 14.7. The average Bonchev–Trinajstić information content (AvgIpc) is 2.96. The van der Waals surface area contributed by atoms with E-state index in [4.69, 9.17) is 10.5 Å². The molecule has 2 aromatic heterocycles. The van der Waals surface area contributed by atoms with Gasteiger partial charge in [-0.05, 0) is 0 Å². The van der Waals surface area contributed by atoms with Gasteiger partial charge in [-0.1, -0.05) is 30.3 Å². The topological polar surface area (TPSA) is 86.8 Å². The van der Waals surface area contributed by atoms with Crippen molar-refractivity contribution in [1.82, 2.24) is 19.9 Å². The van der Waals surface area contributed by atoms with Crippen molar-refractivity contribution in [3.05, 3.63) is 46.5 Å². The second kappa shape index (κ2) is 5.84. The Morgan fingerprint density at radius 1 is 1.10 bits per heavy atom. The first-order valence-corrected chi connectivity index (χ1v) is 7.17. The van der Waals surface area contributed by atoms with Crippen molar-refractivity contribution in [2.45, 2.75) is 6.42 Å². The molecule has 7 heteroatoms. The molecule has 2 heterocycles. The van der Waals surface area contributed by atoms with Gasteiger partial charge in [-0.3, -0.25) is 0 Å². The van der Waals surface area contributed by atoms with Crippen LogP contribution in [-0.2, 0) is 6.42 Å². The lowest BCUT2D eigenvalue weighted by Crippen LogP contribution is -2.05. The minimum Gasteiger partial charge on any atom is -0.467 e. The number of methoxy groups -OCH3 is 1. The molecule has 0 aliphatic carbocycles. The Morgan fingerprint density at radius 2 is 1.90 bits per heavy atom. The van der Waals surface area contributed by atoms with Gasteiger partial charge in [0.25, 0.3) is 0 Å². The van der Waals surface area contributed by atoms with Crippen LogP contribution >= 0.6 is 11.3 Å². The van der Waals surface area contributed by atoms with Gasteiger partial charge in [-0.15, -0.1) is 11.3 Å². The molecule has 0 saturated carbocycles. The number of nitrogens with zero attached hydrogens (tertiary/aromatic N) is 4. The Labute approximate surface area is 125 Å². The third-order valence-electron chi connectivity index (χ3n) is 2.79. The van der Waals surface area contributed by atoms with Crippen LogP contribution in [0.2, 0.25) is 0 Å². The first kappa shape index (κ1) is 13.4. The number of hydrogen-bond donors (Lipinski definition) is 1. The van der Waals surface area contributed by atoms with E-state index in [-0.39, 0.29) is 12.0 Å². The molecule has 0 amide bonds. The molecule has 0 radical (unpaired) electrons. The van der Waals surface area contributed by atoms with E-state index in [9.17, 15) is 0 Å². The van der Waals surface area contributed by atoms with Crippen molar-refractivity contribution in [2.75, 3.05) is 12.8 Å². The number of thiazole rings is 1. The Balaban J connectivity index is 1.83. The van der Waals surface area contributed by atoms with Crippen LogP contribution in [0.1, 0.15) is 10.8 Å². The summed E-state index contributed by atoms with van der Waals surface area (Å²) in [6.07, 6.45) is 0.501. The lowest BCUT2D eigenvalue weighted by atomic mass is 10.2. The van der Waals surface area contributed by atoms with E-state index in [2.05, 4.69) is 19.9 Å². The predicted molar refractivity (Wildman–Crippen MR) is 81.1 cm³/mol. The van der Waals surface area contributed by atoms with Crippen molar-refractivity contribution >= 4 is 17.3 Å². The van der Waals surface area contributed by atoms with Gasteiger partial charge in [-0.25, -0.2) is 4.98 Å². The third-order valence-corrected chi connectivity index (χ3v) is 3.64. The van der Waals surface area contributed by atoms with Crippen LogP contribution < -0.4 is 10.5 Å². The summed E-state index contributed by atoms with van der Waals surface area (Å²) in [4.78, 5) is 16.7. The van der Waals surface area contributed by atoms with Gasteiger partial charge < -0.3 is 10.5 Å². The highest BCUT2D eigenvalue weighted by atomic mass is 32.1. The molecule has 106 valence electrons. The zero-order valence-corrected chi connectivity index (χ0v) is 12.2. The van der Waals surface area contributed by atoms with Crippen LogP contribution in [0.15, 0.2) is 35.7 Å². The summed E-state index contributed by atoms with van der Waals surface area (Å²) in [7, 11) is 1.50. The average molecular weight is 299 g/mol. The van der Waals surface area contributed by atoms with Gasteiger partial charge in [0.2, 0.25) is 5.95 Å². The van der Waals surface area contributed by atoms with Crippen molar-refractivity contribution in [1.29, 1.82) is 0 Å². The first-order chi connectivity index (χ1) is 10.2. The van der Waals surface area contributed by atoms with Gasteiger partial charge in [-0.2, -0.15) is 15.0 Å². The molecule has 0 spiro atoms. The lowest BCUT2D eigenvalue weighted by molar-refractivity contribution is 0.377. The quantitative estimate of drug-likeness (QED) is 0.794. The summed E-state index contributed by atoms with van der Waals surface area (Å²) in [5.74, 6) is 0.699. The maximum atomic E-state index is 5.63. The monoisotopic (exact) mass is 299 g/mol. The highest BCUT2D eigenvalue weighted by Crippen LogP contribution is 2.22. The summed E-state index contributed by atoms with van der Waals surface area (Å²) < 4.78 is 4.99. The van der Waals surface area contributed by atoms with E-state index < -0.39 is 0 Å². The van der Waals surface area contributed by atoms with E-state index in [1.807, 2.05) is 35.7 Å². The zero-order valence-electron chi connectivity index (χ0n) is 11.4. The number of benzene rings is 1. The second-order valence-electron chi connectivity index (χ2n) is 4.27. The maximum Gasteiger partial charge on any atom is 0.321 e. The fourth-order valence-corrected chi connectivity index (χ4v) is 2.65. The summed E-state index contributed by atoms with van der Waals surface area (Å²) in [5, 5.41) is 2.94. The summed E-state index contributed by atoms with van der Waals surface area (Å²) in [6, 6.07) is 10.2. The number of ether oxygens (including phenoxy) is 1. The molecule has 0 bridgehead atoms. The summed E-state index contributed by atoms with van der Waals surface area (Å²) in [6.45, 7) is 0. The van der Waals surface area contributed by atoms with Crippen molar-refractivity contribution in [3.8, 4) is 17.3 Å². The molecule has 2 N–H and O–H groups in total. The molecule has 21 heavy (non-hydrogen) atoms. The van der Waals surface area contributed by atoms with Crippen LogP contribution in [0.5, 0.6) is 6.01 Å². The molecular formula is C14H13N5OS. The lowest BCUT2D eigenvalue weighted by Gasteiger charge is -2.01. The smallest absolute Gasteiger partial charge is 0.321 e. The van der Waals surface area contributed by atoms with Crippen molar-refractivity contribution < 1.29 is 4.74 Å². The Morgan fingerprint density at radius 3 is 2.67 bits per heavy atom.